The maximum atomic E-state index is 13.4. The number of carbonyl (C=O) groups excluding carboxylic acids is 3. The molecule has 0 spiro atoms. The monoisotopic (exact) mass is 475 g/mol. The van der Waals surface area contributed by atoms with Crippen LogP contribution in [0.3, 0.4) is 0 Å². The van der Waals surface area contributed by atoms with Gasteiger partial charge < -0.3 is 9.80 Å². The van der Waals surface area contributed by atoms with Crippen molar-refractivity contribution >= 4 is 23.4 Å². The van der Waals surface area contributed by atoms with Crippen LogP contribution in [0.15, 0.2) is 48.8 Å². The molecule has 3 amide bonds. The summed E-state index contributed by atoms with van der Waals surface area (Å²) in [5.41, 5.74) is 1.74. The fourth-order valence-electron chi connectivity index (χ4n) is 5.84. The molecule has 0 aliphatic carbocycles. The lowest BCUT2D eigenvalue weighted by molar-refractivity contribution is -0.133. The Balaban J connectivity index is 1.20. The van der Waals surface area contributed by atoms with Gasteiger partial charge in [0, 0.05) is 64.5 Å². The largest absolute Gasteiger partial charge is 0.343 e. The van der Waals surface area contributed by atoms with E-state index >= 15 is 0 Å². The second kappa shape index (κ2) is 9.41. The van der Waals surface area contributed by atoms with E-state index in [4.69, 9.17) is 0 Å². The third kappa shape index (κ3) is 4.31. The molecule has 1 atom stereocenters. The number of hydrogen-bond donors (Lipinski definition) is 0. The van der Waals surface area contributed by atoms with E-state index in [1.807, 2.05) is 61.6 Å². The van der Waals surface area contributed by atoms with Crippen LogP contribution in [0.2, 0.25) is 0 Å². The van der Waals surface area contributed by atoms with E-state index in [-0.39, 0.29) is 30.2 Å². The number of amides is 3. The van der Waals surface area contributed by atoms with Crippen LogP contribution in [0.25, 0.3) is 0 Å². The number of carbonyl (C=O) groups is 3. The standard InChI is InChI=1S/C27H33N5O3/c1-27-13-7-25(34)32(27)23-6-4-3-5-22(23)26(35)31(27)18-12-24(33)29(2)21-10-16-30(17-11-21)19-20-8-14-28-15-9-20/h3-6,8-9,14-15,21H,7,10-13,16-19H2,1-2H3/t27-/m1/s1. The third-order valence-corrected chi connectivity index (χ3v) is 7.95. The van der Waals surface area contributed by atoms with Crippen molar-refractivity contribution in [1.29, 1.82) is 0 Å². The van der Waals surface area contributed by atoms with E-state index in [9.17, 15) is 14.4 Å². The first kappa shape index (κ1) is 23.5. The SMILES string of the molecule is CN(C(=O)CCN1C(=O)c2ccccc2N2C(=O)CC[C@]12C)C1CCN(Cc2ccncc2)CC1. The Hall–Kier alpha value is -3.26. The summed E-state index contributed by atoms with van der Waals surface area (Å²) < 4.78 is 0. The summed E-state index contributed by atoms with van der Waals surface area (Å²) in [6.07, 6.45) is 6.74. The van der Waals surface area contributed by atoms with Crippen molar-refractivity contribution in [3.63, 3.8) is 0 Å². The van der Waals surface area contributed by atoms with E-state index in [1.54, 1.807) is 15.9 Å². The molecule has 3 aliphatic rings. The highest BCUT2D eigenvalue weighted by Crippen LogP contribution is 2.44. The van der Waals surface area contributed by atoms with E-state index in [0.29, 0.717) is 30.6 Å². The van der Waals surface area contributed by atoms with Crippen molar-refractivity contribution < 1.29 is 14.4 Å². The maximum Gasteiger partial charge on any atom is 0.257 e. The van der Waals surface area contributed by atoms with Gasteiger partial charge in [-0.3, -0.25) is 29.2 Å². The first-order valence-corrected chi connectivity index (χ1v) is 12.5. The zero-order valence-corrected chi connectivity index (χ0v) is 20.5. The minimum atomic E-state index is -0.723. The predicted molar refractivity (Wildman–Crippen MR) is 133 cm³/mol. The first-order valence-electron chi connectivity index (χ1n) is 12.5. The fourth-order valence-corrected chi connectivity index (χ4v) is 5.84. The molecular weight excluding hydrogens is 442 g/mol. The molecule has 3 aliphatic heterocycles. The summed E-state index contributed by atoms with van der Waals surface area (Å²) in [7, 11) is 1.88. The van der Waals surface area contributed by atoms with Crippen LogP contribution in [-0.4, -0.2) is 75.8 Å². The number of aromatic nitrogens is 1. The first-order chi connectivity index (χ1) is 16.9. The maximum absolute atomic E-state index is 13.4. The number of benzene rings is 1. The zero-order valence-electron chi connectivity index (χ0n) is 20.5. The summed E-state index contributed by atoms with van der Waals surface area (Å²) in [5, 5.41) is 0. The molecule has 8 heteroatoms. The van der Waals surface area contributed by atoms with Crippen LogP contribution in [0.1, 0.15) is 54.9 Å². The second-order valence-corrected chi connectivity index (χ2v) is 10.0. The minimum Gasteiger partial charge on any atom is -0.343 e. The highest BCUT2D eigenvalue weighted by molar-refractivity contribution is 6.10. The van der Waals surface area contributed by atoms with Crippen molar-refractivity contribution in [3.8, 4) is 0 Å². The Kier molecular flexibility index (Phi) is 6.32. The van der Waals surface area contributed by atoms with Gasteiger partial charge in [-0.1, -0.05) is 12.1 Å². The molecule has 0 N–H and O–H groups in total. The van der Waals surface area contributed by atoms with Gasteiger partial charge in [0.2, 0.25) is 11.8 Å². The van der Waals surface area contributed by atoms with Crippen LogP contribution in [0.5, 0.6) is 0 Å². The molecule has 2 aromatic rings. The van der Waals surface area contributed by atoms with Crippen LogP contribution in [0.4, 0.5) is 5.69 Å². The third-order valence-electron chi connectivity index (χ3n) is 7.95. The van der Waals surface area contributed by atoms with Crippen molar-refractivity contribution in [2.24, 2.45) is 0 Å². The number of anilines is 1. The van der Waals surface area contributed by atoms with Crippen LogP contribution in [0, 0.1) is 0 Å². The van der Waals surface area contributed by atoms with E-state index in [2.05, 4.69) is 9.88 Å². The molecule has 35 heavy (non-hydrogen) atoms. The molecule has 2 fully saturated rings. The van der Waals surface area contributed by atoms with E-state index in [0.717, 1.165) is 32.5 Å². The van der Waals surface area contributed by atoms with Crippen molar-refractivity contribution in [3.05, 3.63) is 59.9 Å². The summed E-state index contributed by atoms with van der Waals surface area (Å²) in [5.74, 6) is -0.0305. The van der Waals surface area contributed by atoms with E-state index < -0.39 is 5.66 Å². The molecule has 4 heterocycles. The average molecular weight is 476 g/mol. The normalized spacial score (nSPS) is 22.8. The molecule has 184 valence electrons. The summed E-state index contributed by atoms with van der Waals surface area (Å²) >= 11 is 0. The Morgan fingerprint density at radius 2 is 1.83 bits per heavy atom. The lowest BCUT2D eigenvalue weighted by Gasteiger charge is -2.48. The van der Waals surface area contributed by atoms with E-state index in [1.165, 1.54) is 5.56 Å². The van der Waals surface area contributed by atoms with Crippen molar-refractivity contribution in [1.82, 2.24) is 19.7 Å². The number of fused-ring (bicyclic) bond motifs is 3. The summed E-state index contributed by atoms with van der Waals surface area (Å²) in [6, 6.07) is 11.6. The Morgan fingerprint density at radius 1 is 1.11 bits per heavy atom. The van der Waals surface area contributed by atoms with Gasteiger partial charge >= 0.3 is 0 Å². The number of hydrogen-bond acceptors (Lipinski definition) is 5. The molecule has 0 unspecified atom stereocenters. The number of piperidine rings is 1. The quantitative estimate of drug-likeness (QED) is 0.642. The summed E-state index contributed by atoms with van der Waals surface area (Å²) in [6.45, 7) is 5.04. The lowest BCUT2D eigenvalue weighted by atomic mass is 9.97. The predicted octanol–water partition coefficient (Wildman–Crippen LogP) is 2.89. The molecule has 0 saturated carbocycles. The highest BCUT2D eigenvalue weighted by Gasteiger charge is 2.52. The Bertz CT molecular complexity index is 1110. The van der Waals surface area contributed by atoms with Crippen LogP contribution < -0.4 is 4.90 Å². The average Bonchev–Trinajstić information content (AvgIpc) is 3.19. The molecule has 0 radical (unpaired) electrons. The molecule has 1 aromatic heterocycles. The molecule has 8 nitrogen and oxygen atoms in total. The van der Waals surface area contributed by atoms with Gasteiger partial charge in [0.1, 0.15) is 5.66 Å². The Morgan fingerprint density at radius 3 is 2.57 bits per heavy atom. The number of likely N-dealkylation sites (tertiary alicyclic amines) is 1. The lowest BCUT2D eigenvalue weighted by Crippen LogP contribution is -2.62. The fraction of sp³-hybridized carbons (Fsp3) is 0.481. The van der Waals surface area contributed by atoms with Crippen LogP contribution >= 0.6 is 0 Å². The number of pyridine rings is 1. The molecule has 5 rings (SSSR count). The molecular formula is C27H33N5O3. The van der Waals surface area contributed by atoms with Gasteiger partial charge in [0.15, 0.2) is 0 Å². The number of nitrogens with zero attached hydrogens (tertiary/aromatic N) is 5. The van der Waals surface area contributed by atoms with Crippen molar-refractivity contribution in [2.45, 2.75) is 57.3 Å². The number of rotatable bonds is 6. The smallest absolute Gasteiger partial charge is 0.257 e. The van der Waals surface area contributed by atoms with Gasteiger partial charge in [-0.25, -0.2) is 0 Å². The van der Waals surface area contributed by atoms with Gasteiger partial charge in [0.05, 0.1) is 11.3 Å². The molecule has 0 bridgehead atoms. The van der Waals surface area contributed by atoms with Gasteiger partial charge in [-0.15, -0.1) is 0 Å². The molecule has 2 saturated heterocycles. The minimum absolute atomic E-state index is 0.0272. The topological polar surface area (TPSA) is 77.1 Å². The van der Waals surface area contributed by atoms with Gasteiger partial charge in [0.25, 0.3) is 5.91 Å². The Labute approximate surface area is 206 Å². The summed E-state index contributed by atoms with van der Waals surface area (Å²) in [4.78, 5) is 51.1. The number of para-hydroxylation sites is 1. The second-order valence-electron chi connectivity index (χ2n) is 10.0. The zero-order chi connectivity index (χ0) is 24.6. The highest BCUT2D eigenvalue weighted by atomic mass is 16.2. The molecule has 1 aromatic carbocycles. The van der Waals surface area contributed by atoms with Crippen LogP contribution in [-0.2, 0) is 16.1 Å². The van der Waals surface area contributed by atoms with Crippen molar-refractivity contribution in [2.75, 3.05) is 31.6 Å². The van der Waals surface area contributed by atoms with Gasteiger partial charge in [-0.05, 0) is 56.0 Å². The van der Waals surface area contributed by atoms with Gasteiger partial charge in [-0.2, -0.15) is 0 Å².